The predicted molar refractivity (Wildman–Crippen MR) is 115 cm³/mol. The SMILES string of the molecule is Cc1cc(NC(=O)Cc2ccccn2)cc(C)c1Oc1ccc(O)c(C(C)C)c1. The topological polar surface area (TPSA) is 71.5 Å². The predicted octanol–water partition coefficient (Wildman–Crippen LogP) is 5.50. The molecular formula is C24H26N2O3. The molecule has 29 heavy (non-hydrogen) atoms. The number of pyridine rings is 1. The minimum atomic E-state index is -0.115. The molecule has 150 valence electrons. The molecule has 0 bridgehead atoms. The number of benzene rings is 2. The van der Waals surface area contributed by atoms with Gasteiger partial charge >= 0.3 is 0 Å². The Morgan fingerprint density at radius 1 is 1.10 bits per heavy atom. The molecule has 0 saturated heterocycles. The molecule has 0 saturated carbocycles. The van der Waals surface area contributed by atoms with Crippen LogP contribution in [0.1, 0.15) is 42.1 Å². The van der Waals surface area contributed by atoms with Crippen LogP contribution in [0.5, 0.6) is 17.2 Å². The summed E-state index contributed by atoms with van der Waals surface area (Å²) in [5.74, 6) is 1.76. The van der Waals surface area contributed by atoms with Gasteiger partial charge in [-0.15, -0.1) is 0 Å². The molecule has 3 rings (SSSR count). The zero-order valence-electron chi connectivity index (χ0n) is 17.2. The molecular weight excluding hydrogens is 364 g/mol. The molecule has 1 heterocycles. The molecule has 0 unspecified atom stereocenters. The highest BCUT2D eigenvalue weighted by atomic mass is 16.5. The maximum atomic E-state index is 12.3. The number of phenolic OH excluding ortho intramolecular Hbond substituents is 1. The molecule has 0 spiro atoms. The Kier molecular flexibility index (Phi) is 6.17. The molecule has 2 aromatic carbocycles. The Labute approximate surface area is 171 Å². The maximum absolute atomic E-state index is 12.3. The molecule has 1 amide bonds. The molecule has 0 aliphatic rings. The normalized spacial score (nSPS) is 10.8. The summed E-state index contributed by atoms with van der Waals surface area (Å²) in [4.78, 5) is 16.5. The van der Waals surface area contributed by atoms with E-state index < -0.39 is 0 Å². The molecule has 1 aromatic heterocycles. The fraction of sp³-hybridized carbons (Fsp3) is 0.250. The largest absolute Gasteiger partial charge is 0.508 e. The lowest BCUT2D eigenvalue weighted by Crippen LogP contribution is -2.15. The molecule has 0 atom stereocenters. The first-order valence-electron chi connectivity index (χ1n) is 9.65. The third-order valence-corrected chi connectivity index (χ3v) is 4.65. The lowest BCUT2D eigenvalue weighted by atomic mass is 10.0. The standard InChI is InChI=1S/C24H26N2O3/c1-15(2)21-14-20(8-9-22(21)27)29-24-16(3)11-19(12-17(24)4)26-23(28)13-18-7-5-6-10-25-18/h5-12,14-15,27H,13H2,1-4H3,(H,26,28). The summed E-state index contributed by atoms with van der Waals surface area (Å²) < 4.78 is 6.11. The van der Waals surface area contributed by atoms with Crippen LogP contribution in [0.4, 0.5) is 5.69 Å². The van der Waals surface area contributed by atoms with Gasteiger partial charge in [0, 0.05) is 23.1 Å². The van der Waals surface area contributed by atoms with Crippen molar-refractivity contribution in [3.05, 3.63) is 77.1 Å². The van der Waals surface area contributed by atoms with Crippen molar-refractivity contribution in [1.29, 1.82) is 0 Å². The first-order chi connectivity index (χ1) is 13.8. The van der Waals surface area contributed by atoms with E-state index in [2.05, 4.69) is 10.3 Å². The molecule has 5 heteroatoms. The third kappa shape index (κ3) is 5.13. The van der Waals surface area contributed by atoms with E-state index in [-0.39, 0.29) is 24.0 Å². The average Bonchev–Trinajstić information content (AvgIpc) is 2.66. The molecule has 0 aliphatic carbocycles. The van der Waals surface area contributed by atoms with E-state index >= 15 is 0 Å². The van der Waals surface area contributed by atoms with E-state index in [1.165, 1.54) is 0 Å². The summed E-state index contributed by atoms with van der Waals surface area (Å²) in [6.07, 6.45) is 1.90. The Balaban J connectivity index is 1.76. The highest BCUT2D eigenvalue weighted by Gasteiger charge is 2.13. The van der Waals surface area contributed by atoms with Crippen molar-refractivity contribution in [1.82, 2.24) is 4.98 Å². The van der Waals surface area contributed by atoms with Gasteiger partial charge in [-0.3, -0.25) is 9.78 Å². The third-order valence-electron chi connectivity index (χ3n) is 4.65. The van der Waals surface area contributed by atoms with Crippen molar-refractivity contribution >= 4 is 11.6 Å². The average molecular weight is 390 g/mol. The Morgan fingerprint density at radius 2 is 1.83 bits per heavy atom. The van der Waals surface area contributed by atoms with Gasteiger partial charge in [0.2, 0.25) is 5.91 Å². The van der Waals surface area contributed by atoms with Gasteiger partial charge in [-0.1, -0.05) is 19.9 Å². The van der Waals surface area contributed by atoms with Crippen LogP contribution in [-0.4, -0.2) is 16.0 Å². The number of aromatic nitrogens is 1. The van der Waals surface area contributed by atoms with Gasteiger partial charge < -0.3 is 15.2 Å². The van der Waals surface area contributed by atoms with Crippen LogP contribution in [0.15, 0.2) is 54.7 Å². The number of carbonyl (C=O) groups excluding carboxylic acids is 1. The van der Waals surface area contributed by atoms with Crippen molar-refractivity contribution in [3.8, 4) is 17.2 Å². The zero-order chi connectivity index (χ0) is 21.0. The molecule has 0 fully saturated rings. The second-order valence-electron chi connectivity index (χ2n) is 7.46. The van der Waals surface area contributed by atoms with Crippen LogP contribution in [0, 0.1) is 13.8 Å². The van der Waals surface area contributed by atoms with Gasteiger partial charge in [-0.2, -0.15) is 0 Å². The molecule has 5 nitrogen and oxygen atoms in total. The monoisotopic (exact) mass is 390 g/mol. The summed E-state index contributed by atoms with van der Waals surface area (Å²) in [5.41, 5.74) is 4.12. The molecule has 3 aromatic rings. The van der Waals surface area contributed by atoms with Crippen LogP contribution >= 0.6 is 0 Å². The molecule has 0 radical (unpaired) electrons. The minimum absolute atomic E-state index is 0.115. The first-order valence-corrected chi connectivity index (χ1v) is 9.65. The second-order valence-corrected chi connectivity index (χ2v) is 7.46. The number of ether oxygens (including phenoxy) is 1. The highest BCUT2D eigenvalue weighted by molar-refractivity contribution is 5.92. The lowest BCUT2D eigenvalue weighted by Gasteiger charge is -2.16. The van der Waals surface area contributed by atoms with E-state index in [0.717, 1.165) is 33.8 Å². The van der Waals surface area contributed by atoms with E-state index in [1.807, 2.05) is 64.1 Å². The number of anilines is 1. The van der Waals surface area contributed by atoms with Crippen LogP contribution in [0.2, 0.25) is 0 Å². The number of rotatable bonds is 6. The number of phenols is 1. The number of amides is 1. The van der Waals surface area contributed by atoms with Gasteiger partial charge in [0.1, 0.15) is 17.2 Å². The summed E-state index contributed by atoms with van der Waals surface area (Å²) in [6, 6.07) is 14.6. The van der Waals surface area contributed by atoms with E-state index in [9.17, 15) is 9.90 Å². The van der Waals surface area contributed by atoms with Crippen molar-refractivity contribution in [3.63, 3.8) is 0 Å². The smallest absolute Gasteiger partial charge is 0.230 e. The zero-order valence-corrected chi connectivity index (χ0v) is 17.2. The number of aromatic hydroxyl groups is 1. The fourth-order valence-electron chi connectivity index (χ4n) is 3.23. The lowest BCUT2D eigenvalue weighted by molar-refractivity contribution is -0.115. The minimum Gasteiger partial charge on any atom is -0.508 e. The van der Waals surface area contributed by atoms with Gasteiger partial charge in [0.15, 0.2) is 0 Å². The number of hydrogen-bond donors (Lipinski definition) is 2. The Morgan fingerprint density at radius 3 is 2.45 bits per heavy atom. The quantitative estimate of drug-likeness (QED) is 0.583. The summed E-state index contributed by atoms with van der Waals surface area (Å²) in [5, 5.41) is 12.9. The van der Waals surface area contributed by atoms with Crippen LogP contribution < -0.4 is 10.1 Å². The van der Waals surface area contributed by atoms with Gasteiger partial charge in [-0.25, -0.2) is 0 Å². The van der Waals surface area contributed by atoms with Crippen molar-refractivity contribution in [2.45, 2.75) is 40.0 Å². The van der Waals surface area contributed by atoms with E-state index in [1.54, 1.807) is 18.3 Å². The number of hydrogen-bond acceptors (Lipinski definition) is 4. The van der Waals surface area contributed by atoms with Crippen LogP contribution in [0.3, 0.4) is 0 Å². The molecule has 0 aliphatic heterocycles. The van der Waals surface area contributed by atoms with Crippen molar-refractivity contribution < 1.29 is 14.6 Å². The van der Waals surface area contributed by atoms with Crippen LogP contribution in [-0.2, 0) is 11.2 Å². The van der Waals surface area contributed by atoms with Crippen molar-refractivity contribution in [2.75, 3.05) is 5.32 Å². The van der Waals surface area contributed by atoms with E-state index in [0.29, 0.717) is 5.75 Å². The van der Waals surface area contributed by atoms with E-state index in [4.69, 9.17) is 4.74 Å². The number of carbonyl (C=O) groups is 1. The number of nitrogens with one attached hydrogen (secondary N) is 1. The second kappa shape index (κ2) is 8.78. The Bertz CT molecular complexity index is 991. The van der Waals surface area contributed by atoms with Gasteiger partial charge in [0.05, 0.1) is 6.42 Å². The first kappa shape index (κ1) is 20.4. The molecule has 2 N–H and O–H groups in total. The number of aryl methyl sites for hydroxylation is 2. The number of nitrogens with zero attached hydrogens (tertiary/aromatic N) is 1. The summed E-state index contributed by atoms with van der Waals surface area (Å²) in [7, 11) is 0. The van der Waals surface area contributed by atoms with Gasteiger partial charge in [-0.05, 0) is 73.4 Å². The van der Waals surface area contributed by atoms with Crippen LogP contribution in [0.25, 0.3) is 0 Å². The summed E-state index contributed by atoms with van der Waals surface area (Å²) >= 11 is 0. The summed E-state index contributed by atoms with van der Waals surface area (Å²) in [6.45, 7) is 7.94. The van der Waals surface area contributed by atoms with Crippen molar-refractivity contribution in [2.24, 2.45) is 0 Å². The van der Waals surface area contributed by atoms with Gasteiger partial charge in [0.25, 0.3) is 0 Å². The maximum Gasteiger partial charge on any atom is 0.230 e. The Hall–Kier alpha value is -3.34. The highest BCUT2D eigenvalue weighted by Crippen LogP contribution is 2.35. The fourth-order valence-corrected chi connectivity index (χ4v) is 3.23.